The van der Waals surface area contributed by atoms with Crippen molar-refractivity contribution >= 4 is 11.9 Å². The molecule has 5 nitrogen and oxygen atoms in total. The summed E-state index contributed by atoms with van der Waals surface area (Å²) in [5, 5.41) is 0. The Morgan fingerprint density at radius 1 is 1.18 bits per heavy atom. The van der Waals surface area contributed by atoms with Gasteiger partial charge in [0.25, 0.3) is 0 Å². The van der Waals surface area contributed by atoms with E-state index in [1.54, 1.807) is 13.8 Å². The topological polar surface area (TPSA) is 61.8 Å². The van der Waals surface area contributed by atoms with E-state index >= 15 is 0 Å². The number of hydrogen-bond donors (Lipinski definition) is 0. The number of carbonyl (C=O) groups is 2. The smallest absolute Gasteiger partial charge is 0.323 e. The zero-order valence-corrected chi connectivity index (χ0v) is 13.7. The Balaban J connectivity index is 1.99. The molecule has 3 rings (SSSR count). The van der Waals surface area contributed by atoms with Crippen LogP contribution in [0.25, 0.3) is 0 Å². The van der Waals surface area contributed by atoms with Gasteiger partial charge in [-0.05, 0) is 20.3 Å². The van der Waals surface area contributed by atoms with Crippen LogP contribution in [0.5, 0.6) is 0 Å². The van der Waals surface area contributed by atoms with E-state index in [1.807, 2.05) is 6.08 Å². The second-order valence-electron chi connectivity index (χ2n) is 7.13. The summed E-state index contributed by atoms with van der Waals surface area (Å²) < 4.78 is 16.6. The molecule has 2 bridgehead atoms. The fraction of sp³-hybridized carbons (Fsp3) is 0.765. The number of rotatable bonds is 4. The predicted molar refractivity (Wildman–Crippen MR) is 78.9 cm³/mol. The monoisotopic (exact) mass is 308 g/mol. The van der Waals surface area contributed by atoms with Gasteiger partial charge in [0.1, 0.15) is 0 Å². The van der Waals surface area contributed by atoms with Crippen LogP contribution in [0.1, 0.15) is 40.5 Å². The van der Waals surface area contributed by atoms with Gasteiger partial charge in [0.15, 0.2) is 5.41 Å². The van der Waals surface area contributed by atoms with Crippen LogP contribution in [0.3, 0.4) is 0 Å². The summed E-state index contributed by atoms with van der Waals surface area (Å²) in [6.45, 7) is 8.27. The van der Waals surface area contributed by atoms with E-state index in [1.165, 1.54) is 0 Å². The molecule has 0 aromatic rings. The largest absolute Gasteiger partial charge is 0.465 e. The number of esters is 2. The molecule has 3 aliphatic rings. The standard InChI is InChI=1S/C17H24O5/c1-5-20-13(18)16(14(19)21-6-2)9-11-15(3,4)12-7-8-17(11,10-16)22-12/h7-8,11-12H,5-6,9-10H2,1-4H3/t11-,12-,17-/m1/s1. The first kappa shape index (κ1) is 15.5. The Kier molecular flexibility index (Phi) is 3.40. The van der Waals surface area contributed by atoms with Gasteiger partial charge in [0, 0.05) is 17.8 Å². The highest BCUT2D eigenvalue weighted by Gasteiger charge is 2.72. The molecule has 2 fully saturated rings. The number of ether oxygens (including phenoxy) is 3. The summed E-state index contributed by atoms with van der Waals surface area (Å²) in [4.78, 5) is 25.2. The molecular formula is C17H24O5. The van der Waals surface area contributed by atoms with Crippen molar-refractivity contribution in [3.63, 3.8) is 0 Å². The van der Waals surface area contributed by atoms with Crippen LogP contribution in [0, 0.1) is 16.7 Å². The van der Waals surface area contributed by atoms with E-state index in [9.17, 15) is 9.59 Å². The molecule has 0 unspecified atom stereocenters. The number of hydrogen-bond acceptors (Lipinski definition) is 5. The molecule has 0 amide bonds. The first-order valence-corrected chi connectivity index (χ1v) is 8.04. The maximum Gasteiger partial charge on any atom is 0.323 e. The van der Waals surface area contributed by atoms with E-state index < -0.39 is 23.0 Å². The second kappa shape index (κ2) is 4.82. The average molecular weight is 308 g/mol. The Bertz CT molecular complexity index is 517. The molecule has 2 aliphatic heterocycles. The van der Waals surface area contributed by atoms with Gasteiger partial charge in [-0.2, -0.15) is 0 Å². The fourth-order valence-electron chi connectivity index (χ4n) is 4.48. The molecule has 5 heteroatoms. The van der Waals surface area contributed by atoms with Crippen molar-refractivity contribution in [2.24, 2.45) is 16.7 Å². The summed E-state index contributed by atoms with van der Waals surface area (Å²) in [6.07, 6.45) is 4.90. The number of fused-ring (bicyclic) bond motifs is 1. The van der Waals surface area contributed by atoms with Crippen LogP contribution in [0.2, 0.25) is 0 Å². The van der Waals surface area contributed by atoms with E-state index in [0.717, 1.165) is 0 Å². The van der Waals surface area contributed by atoms with Crippen molar-refractivity contribution in [3.8, 4) is 0 Å². The molecule has 3 atom stereocenters. The van der Waals surface area contributed by atoms with Gasteiger partial charge in [-0.25, -0.2) is 0 Å². The summed E-state index contributed by atoms with van der Waals surface area (Å²) >= 11 is 0. The SMILES string of the molecule is CCOC(=O)C1(C(=O)OCC)C[C@@H]2C(C)(C)[C@H]3C=C[C@]2(C1)O3. The van der Waals surface area contributed by atoms with E-state index in [-0.39, 0.29) is 30.7 Å². The van der Waals surface area contributed by atoms with Gasteiger partial charge >= 0.3 is 11.9 Å². The maximum absolute atomic E-state index is 12.6. The highest BCUT2D eigenvalue weighted by molar-refractivity contribution is 6.01. The minimum absolute atomic E-state index is 0.0555. The molecule has 0 aromatic carbocycles. The zero-order valence-electron chi connectivity index (χ0n) is 13.7. The lowest BCUT2D eigenvalue weighted by molar-refractivity contribution is -0.173. The quantitative estimate of drug-likeness (QED) is 0.453. The van der Waals surface area contributed by atoms with Crippen LogP contribution < -0.4 is 0 Å². The van der Waals surface area contributed by atoms with Gasteiger partial charge in [-0.15, -0.1) is 0 Å². The highest BCUT2D eigenvalue weighted by atomic mass is 16.6. The Labute approximate surface area is 131 Å². The third kappa shape index (κ3) is 1.81. The van der Waals surface area contributed by atoms with Gasteiger partial charge in [0.05, 0.1) is 24.9 Å². The number of carbonyl (C=O) groups excluding carboxylic acids is 2. The lowest BCUT2D eigenvalue weighted by Gasteiger charge is -2.33. The maximum atomic E-state index is 12.6. The van der Waals surface area contributed by atoms with Gasteiger partial charge < -0.3 is 14.2 Å². The summed E-state index contributed by atoms with van der Waals surface area (Å²) in [7, 11) is 0. The molecule has 122 valence electrons. The lowest BCUT2D eigenvalue weighted by atomic mass is 9.68. The first-order valence-electron chi connectivity index (χ1n) is 8.04. The molecule has 0 radical (unpaired) electrons. The second-order valence-corrected chi connectivity index (χ2v) is 7.13. The van der Waals surface area contributed by atoms with Crippen molar-refractivity contribution in [2.75, 3.05) is 13.2 Å². The molecule has 1 spiro atoms. The van der Waals surface area contributed by atoms with Crippen LogP contribution >= 0.6 is 0 Å². The average Bonchev–Trinajstić information content (AvgIpc) is 3.08. The highest BCUT2D eigenvalue weighted by Crippen LogP contribution is 2.66. The van der Waals surface area contributed by atoms with Crippen molar-refractivity contribution < 1.29 is 23.8 Å². The summed E-state index contributed by atoms with van der Waals surface area (Å²) in [6, 6.07) is 0. The van der Waals surface area contributed by atoms with Crippen LogP contribution in [-0.2, 0) is 23.8 Å². The molecule has 0 N–H and O–H groups in total. The van der Waals surface area contributed by atoms with Crippen molar-refractivity contribution in [1.29, 1.82) is 0 Å². The van der Waals surface area contributed by atoms with Crippen LogP contribution in [0.4, 0.5) is 0 Å². The molecule has 1 saturated heterocycles. The van der Waals surface area contributed by atoms with E-state index in [4.69, 9.17) is 14.2 Å². The molecule has 1 aliphatic carbocycles. The van der Waals surface area contributed by atoms with Crippen LogP contribution in [0.15, 0.2) is 12.2 Å². The third-order valence-electron chi connectivity index (χ3n) is 5.58. The van der Waals surface area contributed by atoms with Gasteiger partial charge in [-0.3, -0.25) is 9.59 Å². The summed E-state index contributed by atoms with van der Waals surface area (Å²) in [5.74, 6) is -0.842. The summed E-state index contributed by atoms with van der Waals surface area (Å²) in [5.41, 5.74) is -1.88. The van der Waals surface area contributed by atoms with Gasteiger partial charge in [0.2, 0.25) is 0 Å². The Morgan fingerprint density at radius 2 is 1.77 bits per heavy atom. The first-order chi connectivity index (χ1) is 10.3. The minimum atomic E-state index is -1.24. The normalized spacial score (nSPS) is 36.2. The fourth-order valence-corrected chi connectivity index (χ4v) is 4.48. The lowest BCUT2D eigenvalue weighted by Crippen LogP contribution is -2.42. The molecule has 1 saturated carbocycles. The van der Waals surface area contributed by atoms with E-state index in [0.29, 0.717) is 12.8 Å². The molecule has 22 heavy (non-hydrogen) atoms. The Hall–Kier alpha value is -1.36. The Morgan fingerprint density at radius 3 is 2.27 bits per heavy atom. The molecular weight excluding hydrogens is 284 g/mol. The zero-order chi connectivity index (χ0) is 16.2. The predicted octanol–water partition coefficient (Wildman–Crippen LogP) is 2.24. The van der Waals surface area contributed by atoms with Crippen molar-refractivity contribution in [1.82, 2.24) is 0 Å². The molecule has 2 heterocycles. The minimum Gasteiger partial charge on any atom is -0.465 e. The van der Waals surface area contributed by atoms with Gasteiger partial charge in [-0.1, -0.05) is 26.0 Å². The van der Waals surface area contributed by atoms with Crippen LogP contribution in [-0.4, -0.2) is 36.9 Å². The third-order valence-corrected chi connectivity index (χ3v) is 5.58. The van der Waals surface area contributed by atoms with Crippen molar-refractivity contribution in [2.45, 2.75) is 52.2 Å². The van der Waals surface area contributed by atoms with Crippen molar-refractivity contribution in [3.05, 3.63) is 12.2 Å². The molecule has 0 aromatic heterocycles. The van der Waals surface area contributed by atoms with E-state index in [2.05, 4.69) is 19.9 Å².